The molecule has 1 aliphatic heterocycles. The molecule has 0 radical (unpaired) electrons. The summed E-state index contributed by atoms with van der Waals surface area (Å²) in [6.45, 7) is 9.84. The first-order valence-electron chi connectivity index (χ1n) is 10.8. The quantitative estimate of drug-likeness (QED) is 0.414. The van der Waals surface area contributed by atoms with Crippen molar-refractivity contribution in [1.29, 1.82) is 0 Å². The Kier molecular flexibility index (Phi) is 6.89. The highest BCUT2D eigenvalue weighted by Gasteiger charge is 2.23. The van der Waals surface area contributed by atoms with E-state index in [0.717, 1.165) is 56.2 Å². The molecule has 4 rings (SSSR count). The van der Waals surface area contributed by atoms with Gasteiger partial charge in [-0.05, 0) is 37.5 Å². The zero-order valence-corrected chi connectivity index (χ0v) is 18.1. The standard InChI is InChI=1S/C25H29N5O/c1-3-31-16-6-14-27-24-21-12-15-30(17-20-10-8-19(2)9-11-20)18-23(21)28-25(29-24)22-7-4-5-13-26-22/h3-5,7-11,13H,1,6,12,14-18H2,2H3,(H,27,28,29). The topological polar surface area (TPSA) is 63.2 Å². The molecule has 1 aromatic carbocycles. The van der Waals surface area contributed by atoms with E-state index in [-0.39, 0.29) is 0 Å². The Labute approximate surface area is 184 Å². The molecule has 3 heterocycles. The third kappa shape index (κ3) is 5.47. The highest BCUT2D eigenvalue weighted by atomic mass is 16.5. The van der Waals surface area contributed by atoms with Crippen LogP contribution in [0.4, 0.5) is 5.82 Å². The number of rotatable bonds is 9. The number of nitrogens with one attached hydrogen (secondary N) is 1. The van der Waals surface area contributed by atoms with Gasteiger partial charge in [0.05, 0.1) is 18.6 Å². The summed E-state index contributed by atoms with van der Waals surface area (Å²) in [5, 5.41) is 3.50. The zero-order chi connectivity index (χ0) is 21.5. The Morgan fingerprint density at radius 2 is 2.03 bits per heavy atom. The molecule has 0 amide bonds. The number of ether oxygens (including phenoxy) is 1. The van der Waals surface area contributed by atoms with Crippen LogP contribution < -0.4 is 5.32 Å². The number of hydrogen-bond acceptors (Lipinski definition) is 6. The summed E-state index contributed by atoms with van der Waals surface area (Å²) in [6, 6.07) is 14.6. The van der Waals surface area contributed by atoms with Gasteiger partial charge in [-0.2, -0.15) is 0 Å². The molecule has 160 valence electrons. The van der Waals surface area contributed by atoms with Crippen molar-refractivity contribution in [3.8, 4) is 11.5 Å². The van der Waals surface area contributed by atoms with Gasteiger partial charge in [0.15, 0.2) is 5.82 Å². The molecule has 1 N–H and O–H groups in total. The summed E-state index contributed by atoms with van der Waals surface area (Å²) < 4.78 is 5.23. The maximum absolute atomic E-state index is 5.23. The van der Waals surface area contributed by atoms with Crippen molar-refractivity contribution in [1.82, 2.24) is 19.9 Å². The van der Waals surface area contributed by atoms with E-state index in [1.54, 1.807) is 6.20 Å². The van der Waals surface area contributed by atoms with Crippen molar-refractivity contribution in [3.63, 3.8) is 0 Å². The minimum absolute atomic E-state index is 0.640. The lowest BCUT2D eigenvalue weighted by atomic mass is 10.0. The Morgan fingerprint density at radius 3 is 2.81 bits per heavy atom. The van der Waals surface area contributed by atoms with Crippen LogP contribution in [0.5, 0.6) is 0 Å². The second kappa shape index (κ2) is 10.2. The normalized spacial score (nSPS) is 13.5. The number of nitrogens with zero attached hydrogens (tertiary/aromatic N) is 4. The molecule has 6 heteroatoms. The Balaban J connectivity index is 1.55. The summed E-state index contributed by atoms with van der Waals surface area (Å²) in [5.41, 5.74) is 5.70. The minimum atomic E-state index is 0.640. The summed E-state index contributed by atoms with van der Waals surface area (Å²) in [7, 11) is 0. The molecule has 0 fully saturated rings. The number of hydrogen-bond donors (Lipinski definition) is 1. The predicted molar refractivity (Wildman–Crippen MR) is 124 cm³/mol. The van der Waals surface area contributed by atoms with Crippen LogP contribution in [0, 0.1) is 6.92 Å². The monoisotopic (exact) mass is 415 g/mol. The Bertz CT molecular complexity index is 1000. The van der Waals surface area contributed by atoms with Gasteiger partial charge in [0.1, 0.15) is 11.5 Å². The third-order valence-electron chi connectivity index (χ3n) is 5.41. The molecule has 6 nitrogen and oxygen atoms in total. The van der Waals surface area contributed by atoms with E-state index in [2.05, 4.69) is 53.0 Å². The smallest absolute Gasteiger partial charge is 0.180 e. The van der Waals surface area contributed by atoms with Gasteiger partial charge in [-0.1, -0.05) is 42.5 Å². The van der Waals surface area contributed by atoms with Gasteiger partial charge in [-0.15, -0.1) is 0 Å². The lowest BCUT2D eigenvalue weighted by Crippen LogP contribution is -2.32. The van der Waals surface area contributed by atoms with Gasteiger partial charge in [-0.3, -0.25) is 9.88 Å². The van der Waals surface area contributed by atoms with Gasteiger partial charge in [0.25, 0.3) is 0 Å². The van der Waals surface area contributed by atoms with Crippen LogP contribution in [0.2, 0.25) is 0 Å². The van der Waals surface area contributed by atoms with Gasteiger partial charge < -0.3 is 10.1 Å². The number of pyridine rings is 1. The molecule has 0 aliphatic carbocycles. The van der Waals surface area contributed by atoms with Crippen molar-refractivity contribution < 1.29 is 4.74 Å². The average molecular weight is 416 g/mol. The molecule has 1 aliphatic rings. The van der Waals surface area contributed by atoms with Gasteiger partial charge >= 0.3 is 0 Å². The van der Waals surface area contributed by atoms with E-state index in [1.165, 1.54) is 23.0 Å². The molecule has 0 saturated carbocycles. The van der Waals surface area contributed by atoms with E-state index in [0.29, 0.717) is 12.4 Å². The SMILES string of the molecule is C=COCCCNc1nc(-c2ccccn2)nc2c1CCN(Cc1ccc(C)cc1)C2. The van der Waals surface area contributed by atoms with Gasteiger partial charge in [0, 0.05) is 37.9 Å². The van der Waals surface area contributed by atoms with Gasteiger partial charge in [0.2, 0.25) is 0 Å². The van der Waals surface area contributed by atoms with Crippen LogP contribution in [0.15, 0.2) is 61.5 Å². The number of benzene rings is 1. The zero-order valence-electron chi connectivity index (χ0n) is 18.1. The van der Waals surface area contributed by atoms with Gasteiger partial charge in [-0.25, -0.2) is 9.97 Å². The molecule has 0 saturated heterocycles. The number of aryl methyl sites for hydroxylation is 1. The predicted octanol–water partition coefficient (Wildman–Crippen LogP) is 4.37. The summed E-state index contributed by atoms with van der Waals surface area (Å²) in [6.07, 6.45) is 5.06. The van der Waals surface area contributed by atoms with Crippen LogP contribution in [-0.4, -0.2) is 39.5 Å². The van der Waals surface area contributed by atoms with Crippen LogP contribution in [-0.2, 0) is 24.2 Å². The number of fused-ring (bicyclic) bond motifs is 1. The molecule has 0 spiro atoms. The van der Waals surface area contributed by atoms with Crippen molar-refractivity contribution in [2.24, 2.45) is 0 Å². The van der Waals surface area contributed by atoms with Crippen molar-refractivity contribution in [3.05, 3.63) is 83.9 Å². The van der Waals surface area contributed by atoms with E-state index >= 15 is 0 Å². The maximum atomic E-state index is 5.23. The van der Waals surface area contributed by atoms with Crippen LogP contribution in [0.3, 0.4) is 0 Å². The maximum Gasteiger partial charge on any atom is 0.180 e. The molecule has 0 atom stereocenters. The fraction of sp³-hybridized carbons (Fsp3) is 0.320. The lowest BCUT2D eigenvalue weighted by Gasteiger charge is -2.29. The van der Waals surface area contributed by atoms with Crippen molar-refractivity contribution in [2.45, 2.75) is 32.9 Å². The average Bonchev–Trinajstić information content (AvgIpc) is 2.80. The number of anilines is 1. The first-order valence-corrected chi connectivity index (χ1v) is 10.8. The molecular weight excluding hydrogens is 386 g/mol. The van der Waals surface area contributed by atoms with E-state index < -0.39 is 0 Å². The Morgan fingerprint density at radius 1 is 1.16 bits per heavy atom. The minimum Gasteiger partial charge on any atom is -0.502 e. The molecular formula is C25H29N5O. The third-order valence-corrected chi connectivity index (χ3v) is 5.41. The summed E-state index contributed by atoms with van der Waals surface area (Å²) in [5.74, 6) is 1.58. The Hall–Kier alpha value is -3.25. The highest BCUT2D eigenvalue weighted by molar-refractivity contribution is 5.57. The van der Waals surface area contributed by atoms with Crippen molar-refractivity contribution in [2.75, 3.05) is 25.0 Å². The molecule has 0 unspecified atom stereocenters. The van der Waals surface area contributed by atoms with Crippen LogP contribution in [0.1, 0.15) is 28.8 Å². The van der Waals surface area contributed by atoms with E-state index in [4.69, 9.17) is 14.7 Å². The highest BCUT2D eigenvalue weighted by Crippen LogP contribution is 2.27. The van der Waals surface area contributed by atoms with E-state index in [9.17, 15) is 0 Å². The second-order valence-electron chi connectivity index (χ2n) is 7.80. The molecule has 2 aromatic heterocycles. The largest absolute Gasteiger partial charge is 0.502 e. The van der Waals surface area contributed by atoms with Crippen LogP contribution in [0.25, 0.3) is 11.5 Å². The fourth-order valence-electron chi connectivity index (χ4n) is 3.77. The molecule has 3 aromatic rings. The van der Waals surface area contributed by atoms with E-state index in [1.807, 2.05) is 18.2 Å². The fourth-order valence-corrected chi connectivity index (χ4v) is 3.77. The molecule has 0 bridgehead atoms. The first kappa shape index (κ1) is 21.0. The summed E-state index contributed by atoms with van der Waals surface area (Å²) in [4.78, 5) is 16.6. The second-order valence-corrected chi connectivity index (χ2v) is 7.80. The lowest BCUT2D eigenvalue weighted by molar-refractivity contribution is 0.241. The number of aromatic nitrogens is 3. The van der Waals surface area contributed by atoms with Crippen LogP contribution >= 0.6 is 0 Å². The molecule has 31 heavy (non-hydrogen) atoms. The summed E-state index contributed by atoms with van der Waals surface area (Å²) >= 11 is 0. The van der Waals surface area contributed by atoms with Crippen molar-refractivity contribution >= 4 is 5.82 Å². The first-order chi connectivity index (χ1) is 15.2.